The van der Waals surface area contributed by atoms with Crippen LogP contribution in [0.25, 0.3) is 16.8 Å². The Morgan fingerprint density at radius 2 is 2.17 bits per heavy atom. The number of hydrogen-bond donors (Lipinski definition) is 1. The van der Waals surface area contributed by atoms with E-state index in [-0.39, 0.29) is 19.0 Å². The molecule has 0 radical (unpaired) electrons. The fraction of sp³-hybridized carbons (Fsp3) is 0.200. The van der Waals surface area contributed by atoms with Crippen LogP contribution in [0.15, 0.2) is 42.7 Å². The van der Waals surface area contributed by atoms with Gasteiger partial charge in [0.05, 0.1) is 18.8 Å². The second-order valence-corrected chi connectivity index (χ2v) is 6.68. The molecule has 0 bridgehead atoms. The van der Waals surface area contributed by atoms with Crippen molar-refractivity contribution in [3.05, 3.63) is 54.2 Å². The standard InChI is InChI=1S/C20H17FN4O4/c1-12(27)22-7-16-10-25(20(28)29-16)15-3-4-17(18(21)6-15)13-2-5-19-23-14(11-26)9-24(19)8-13/h2-6,8-9,11,16H,7,10H2,1H3,(H,22,27)/t16-/m0/s1. The van der Waals surface area contributed by atoms with E-state index in [4.69, 9.17) is 4.74 Å². The molecular weight excluding hydrogens is 379 g/mol. The molecule has 0 unspecified atom stereocenters. The molecule has 1 aromatic carbocycles. The van der Waals surface area contributed by atoms with Gasteiger partial charge in [0, 0.05) is 30.4 Å². The Balaban J connectivity index is 1.57. The lowest BCUT2D eigenvalue weighted by molar-refractivity contribution is -0.119. The summed E-state index contributed by atoms with van der Waals surface area (Å²) in [5, 5.41) is 2.60. The van der Waals surface area contributed by atoms with Gasteiger partial charge in [-0.2, -0.15) is 0 Å². The minimum atomic E-state index is -0.589. The van der Waals surface area contributed by atoms with E-state index in [9.17, 15) is 18.8 Å². The molecule has 2 amide bonds. The molecule has 1 atom stereocenters. The zero-order chi connectivity index (χ0) is 20.5. The lowest BCUT2D eigenvalue weighted by Crippen LogP contribution is -2.33. The molecule has 0 spiro atoms. The summed E-state index contributed by atoms with van der Waals surface area (Å²) in [4.78, 5) is 39.4. The zero-order valence-electron chi connectivity index (χ0n) is 15.5. The molecule has 1 saturated heterocycles. The molecule has 1 aliphatic rings. The quantitative estimate of drug-likeness (QED) is 0.669. The van der Waals surface area contributed by atoms with Crippen LogP contribution in [0.2, 0.25) is 0 Å². The summed E-state index contributed by atoms with van der Waals surface area (Å²) in [6.07, 6.45) is 2.81. The maximum atomic E-state index is 14.8. The number of amides is 2. The number of ether oxygens (including phenoxy) is 1. The molecule has 8 nitrogen and oxygen atoms in total. The lowest BCUT2D eigenvalue weighted by atomic mass is 10.1. The zero-order valence-corrected chi connectivity index (χ0v) is 15.5. The van der Waals surface area contributed by atoms with Crippen molar-refractivity contribution in [2.24, 2.45) is 0 Å². The Bertz CT molecular complexity index is 1130. The van der Waals surface area contributed by atoms with Crippen LogP contribution in [0.1, 0.15) is 17.4 Å². The predicted octanol–water partition coefficient (Wildman–Crippen LogP) is 2.41. The Morgan fingerprint density at radius 3 is 2.90 bits per heavy atom. The van der Waals surface area contributed by atoms with Gasteiger partial charge in [-0.05, 0) is 30.3 Å². The molecule has 4 rings (SSSR count). The number of carbonyl (C=O) groups excluding carboxylic acids is 3. The molecule has 9 heteroatoms. The van der Waals surface area contributed by atoms with E-state index < -0.39 is 18.0 Å². The normalized spacial score (nSPS) is 16.1. The minimum absolute atomic E-state index is 0.200. The number of benzene rings is 1. The van der Waals surface area contributed by atoms with Crippen molar-refractivity contribution in [2.45, 2.75) is 13.0 Å². The summed E-state index contributed by atoms with van der Waals surface area (Å²) in [5.41, 5.74) is 2.19. The average Bonchev–Trinajstić information content (AvgIpc) is 3.28. The van der Waals surface area contributed by atoms with E-state index in [0.717, 1.165) is 0 Å². The van der Waals surface area contributed by atoms with Gasteiger partial charge in [0.15, 0.2) is 6.29 Å². The summed E-state index contributed by atoms with van der Waals surface area (Å²) >= 11 is 0. The molecule has 3 aromatic rings. The highest BCUT2D eigenvalue weighted by molar-refractivity contribution is 5.90. The molecule has 1 fully saturated rings. The van der Waals surface area contributed by atoms with Gasteiger partial charge in [-0.15, -0.1) is 0 Å². The van der Waals surface area contributed by atoms with Crippen molar-refractivity contribution in [3.63, 3.8) is 0 Å². The minimum Gasteiger partial charge on any atom is -0.442 e. The number of nitrogens with zero attached hydrogens (tertiary/aromatic N) is 3. The van der Waals surface area contributed by atoms with Crippen molar-refractivity contribution in [2.75, 3.05) is 18.0 Å². The number of fused-ring (bicyclic) bond motifs is 1. The Kier molecular flexibility index (Phi) is 4.71. The first-order valence-electron chi connectivity index (χ1n) is 8.91. The smallest absolute Gasteiger partial charge is 0.414 e. The van der Waals surface area contributed by atoms with Crippen LogP contribution in [-0.2, 0) is 9.53 Å². The number of halogens is 1. The van der Waals surface area contributed by atoms with Gasteiger partial charge in [-0.25, -0.2) is 14.2 Å². The predicted molar refractivity (Wildman–Crippen MR) is 102 cm³/mol. The largest absolute Gasteiger partial charge is 0.442 e. The number of aldehydes is 1. The van der Waals surface area contributed by atoms with E-state index in [1.165, 1.54) is 17.9 Å². The highest BCUT2D eigenvalue weighted by Gasteiger charge is 2.32. The van der Waals surface area contributed by atoms with Gasteiger partial charge in [-0.1, -0.05) is 0 Å². The van der Waals surface area contributed by atoms with E-state index in [0.29, 0.717) is 34.4 Å². The fourth-order valence-electron chi connectivity index (χ4n) is 3.23. The molecule has 148 valence electrons. The number of carbonyl (C=O) groups is 3. The number of hydrogen-bond acceptors (Lipinski definition) is 5. The second-order valence-electron chi connectivity index (χ2n) is 6.68. The lowest BCUT2D eigenvalue weighted by Gasteiger charge is -2.14. The third-order valence-corrected chi connectivity index (χ3v) is 4.62. The van der Waals surface area contributed by atoms with Gasteiger partial charge >= 0.3 is 6.09 Å². The van der Waals surface area contributed by atoms with Crippen LogP contribution in [0.3, 0.4) is 0 Å². The topological polar surface area (TPSA) is 93.0 Å². The van der Waals surface area contributed by atoms with Gasteiger partial charge in [0.1, 0.15) is 23.3 Å². The average molecular weight is 396 g/mol. The number of anilines is 1. The molecule has 2 aromatic heterocycles. The van der Waals surface area contributed by atoms with Crippen molar-refractivity contribution in [1.82, 2.24) is 14.7 Å². The first-order valence-corrected chi connectivity index (χ1v) is 8.91. The van der Waals surface area contributed by atoms with Crippen molar-refractivity contribution < 1.29 is 23.5 Å². The van der Waals surface area contributed by atoms with Crippen LogP contribution < -0.4 is 10.2 Å². The number of aromatic nitrogens is 2. The van der Waals surface area contributed by atoms with Crippen LogP contribution >= 0.6 is 0 Å². The maximum absolute atomic E-state index is 14.8. The molecule has 1 N–H and O–H groups in total. The molecule has 0 aliphatic carbocycles. The van der Waals surface area contributed by atoms with Crippen LogP contribution in [-0.4, -0.2) is 46.9 Å². The highest BCUT2D eigenvalue weighted by Crippen LogP contribution is 2.29. The second kappa shape index (κ2) is 7.34. The maximum Gasteiger partial charge on any atom is 0.414 e. The first-order chi connectivity index (χ1) is 13.9. The number of cyclic esters (lactones) is 1. The van der Waals surface area contributed by atoms with Crippen LogP contribution in [0, 0.1) is 5.82 Å². The fourth-order valence-corrected chi connectivity index (χ4v) is 3.23. The van der Waals surface area contributed by atoms with Crippen LogP contribution in [0.5, 0.6) is 0 Å². The molecule has 1 aliphatic heterocycles. The number of nitrogens with one attached hydrogen (secondary N) is 1. The van der Waals surface area contributed by atoms with E-state index in [1.807, 2.05) is 0 Å². The number of imidazole rings is 1. The summed E-state index contributed by atoms with van der Waals surface area (Å²) < 4.78 is 21.7. The van der Waals surface area contributed by atoms with Gasteiger partial charge in [0.2, 0.25) is 5.91 Å². The molecular formula is C20H17FN4O4. The molecule has 3 heterocycles. The van der Waals surface area contributed by atoms with E-state index in [2.05, 4.69) is 10.3 Å². The number of rotatable bonds is 5. The van der Waals surface area contributed by atoms with Crippen molar-refractivity contribution in [3.8, 4) is 11.1 Å². The summed E-state index contributed by atoms with van der Waals surface area (Å²) in [6, 6.07) is 7.89. The first kappa shape index (κ1) is 18.6. The summed E-state index contributed by atoms with van der Waals surface area (Å²) in [7, 11) is 0. The third kappa shape index (κ3) is 3.66. The SMILES string of the molecule is CC(=O)NC[C@H]1CN(c2ccc(-c3ccc4nc(C=O)cn4c3)c(F)c2)C(=O)O1. The van der Waals surface area contributed by atoms with Gasteiger partial charge in [0.25, 0.3) is 0 Å². The Labute approximate surface area is 164 Å². The number of pyridine rings is 1. The van der Waals surface area contributed by atoms with E-state index >= 15 is 0 Å². The van der Waals surface area contributed by atoms with Crippen molar-refractivity contribution in [1.29, 1.82) is 0 Å². The molecule has 0 saturated carbocycles. The van der Waals surface area contributed by atoms with Crippen LogP contribution in [0.4, 0.5) is 14.9 Å². The Morgan fingerprint density at radius 1 is 1.34 bits per heavy atom. The van der Waals surface area contributed by atoms with E-state index in [1.54, 1.807) is 41.1 Å². The van der Waals surface area contributed by atoms with Gasteiger partial charge in [-0.3, -0.25) is 14.5 Å². The summed E-state index contributed by atoms with van der Waals surface area (Å²) in [5.74, 6) is -0.722. The van der Waals surface area contributed by atoms with Crippen molar-refractivity contribution >= 4 is 29.6 Å². The molecule has 29 heavy (non-hydrogen) atoms. The highest BCUT2D eigenvalue weighted by atomic mass is 19.1. The van der Waals surface area contributed by atoms with Gasteiger partial charge < -0.3 is 14.5 Å². The monoisotopic (exact) mass is 396 g/mol. The Hall–Kier alpha value is -3.75. The third-order valence-electron chi connectivity index (χ3n) is 4.62. The summed E-state index contributed by atoms with van der Waals surface area (Å²) in [6.45, 7) is 1.79.